The van der Waals surface area contributed by atoms with E-state index in [0.717, 1.165) is 35.1 Å². The van der Waals surface area contributed by atoms with Crippen molar-refractivity contribution in [3.8, 4) is 0 Å². The van der Waals surface area contributed by atoms with Crippen molar-refractivity contribution in [3.63, 3.8) is 0 Å². The van der Waals surface area contributed by atoms with Crippen LogP contribution in [-0.2, 0) is 72.0 Å². The topological polar surface area (TPSA) is 173 Å². The highest BCUT2D eigenvalue weighted by Crippen LogP contribution is 2.33. The smallest absolute Gasteiger partial charge is 0.417 e. The molecule has 4 aromatic carbocycles. The van der Waals surface area contributed by atoms with Crippen LogP contribution in [0.4, 0.5) is 4.79 Å². The molecule has 2 aliphatic heterocycles. The Morgan fingerprint density at radius 1 is 0.762 bits per heavy atom. The maximum absolute atomic E-state index is 14.4. The van der Waals surface area contributed by atoms with Gasteiger partial charge in [0, 0.05) is 27.1 Å². The van der Waals surface area contributed by atoms with Gasteiger partial charge in [0.1, 0.15) is 37.1 Å². The van der Waals surface area contributed by atoms with Gasteiger partial charge in [-0.3, -0.25) is 19.2 Å². The number of rotatable bonds is 22. The second-order valence-corrected chi connectivity index (χ2v) is 15.2. The van der Waals surface area contributed by atoms with E-state index in [4.69, 9.17) is 33.2 Å². The lowest BCUT2D eigenvalue weighted by Crippen LogP contribution is -2.61. The predicted molar refractivity (Wildman–Crippen MR) is 227 cm³/mol. The van der Waals surface area contributed by atoms with Gasteiger partial charge in [0.15, 0.2) is 24.0 Å². The molecule has 63 heavy (non-hydrogen) atoms. The van der Waals surface area contributed by atoms with Crippen molar-refractivity contribution in [1.29, 1.82) is 0 Å². The number of aliphatic hydroxyl groups is 1. The lowest BCUT2D eigenvalue weighted by molar-refractivity contribution is -0.319. The fourth-order valence-corrected chi connectivity index (χ4v) is 7.61. The van der Waals surface area contributed by atoms with Crippen LogP contribution in [-0.4, -0.2) is 103 Å². The van der Waals surface area contributed by atoms with Crippen molar-refractivity contribution in [2.45, 2.75) is 82.3 Å². The molecule has 0 saturated carbocycles. The Morgan fingerprint density at radius 2 is 1.33 bits per heavy atom. The van der Waals surface area contributed by atoms with Gasteiger partial charge in [0.05, 0.1) is 25.7 Å². The first-order chi connectivity index (χ1) is 30.7. The third-order valence-electron chi connectivity index (χ3n) is 10.7. The first-order valence-corrected chi connectivity index (χ1v) is 20.9. The van der Waals surface area contributed by atoms with Gasteiger partial charge in [0.25, 0.3) is 0 Å². The molecule has 4 aromatic rings. The number of esters is 1. The number of carbonyl (C=O) groups excluding carboxylic acids is 5. The van der Waals surface area contributed by atoms with E-state index in [9.17, 15) is 29.1 Å². The highest BCUT2D eigenvalue weighted by atomic mass is 16.7. The molecule has 0 spiro atoms. The lowest BCUT2D eigenvalue weighted by Gasteiger charge is -2.45. The number of aliphatic hydroxyl groups excluding tert-OH is 1. The molecule has 2 aliphatic rings. The van der Waals surface area contributed by atoms with E-state index in [-0.39, 0.29) is 52.3 Å². The minimum absolute atomic E-state index is 0.0409. The van der Waals surface area contributed by atoms with Crippen molar-refractivity contribution in [2.24, 2.45) is 5.92 Å². The number of ether oxygens (including phenoxy) is 7. The number of hydrogen-bond acceptors (Lipinski definition) is 13. The summed E-state index contributed by atoms with van der Waals surface area (Å²) in [6.45, 7) is 1.14. The molecule has 0 radical (unpaired) electrons. The summed E-state index contributed by atoms with van der Waals surface area (Å²) in [5.74, 6) is -4.19. The average molecular weight is 864 g/mol. The molecule has 2 amide bonds. The second kappa shape index (κ2) is 23.5. The molecule has 8 unspecified atom stereocenters. The van der Waals surface area contributed by atoms with E-state index in [1.807, 2.05) is 60.7 Å². The zero-order valence-corrected chi connectivity index (χ0v) is 35.3. The van der Waals surface area contributed by atoms with Crippen molar-refractivity contribution < 1.29 is 62.2 Å². The highest BCUT2D eigenvalue weighted by Gasteiger charge is 2.49. The fraction of sp³-hybridized carbons (Fsp3) is 0.367. The number of cyclic esters (lactones) is 1. The molecule has 2 fully saturated rings. The third-order valence-corrected chi connectivity index (χ3v) is 10.7. The highest BCUT2D eigenvalue weighted by molar-refractivity contribution is 6.04. The van der Waals surface area contributed by atoms with E-state index in [0.29, 0.717) is 11.1 Å². The summed E-state index contributed by atoms with van der Waals surface area (Å²) < 4.78 is 41.7. The first kappa shape index (κ1) is 46.6. The van der Waals surface area contributed by atoms with Crippen LogP contribution in [0.3, 0.4) is 0 Å². The fourth-order valence-electron chi connectivity index (χ4n) is 7.61. The van der Waals surface area contributed by atoms with Crippen LogP contribution >= 0.6 is 0 Å². The molecule has 0 aromatic heterocycles. The summed E-state index contributed by atoms with van der Waals surface area (Å²) >= 11 is 0. The number of hydrogen-bond donors (Lipinski definition) is 1. The van der Waals surface area contributed by atoms with Gasteiger partial charge in [0.2, 0.25) is 5.91 Å². The molecule has 0 bridgehead atoms. The Morgan fingerprint density at radius 3 is 1.90 bits per heavy atom. The van der Waals surface area contributed by atoms with Gasteiger partial charge in [-0.2, -0.15) is 0 Å². The zero-order valence-electron chi connectivity index (χ0n) is 35.3. The third kappa shape index (κ3) is 12.9. The Hall–Kier alpha value is -5.87. The Bertz CT molecular complexity index is 2120. The minimum atomic E-state index is -1.67. The Balaban J connectivity index is 1.13. The van der Waals surface area contributed by atoms with Crippen LogP contribution in [0, 0.1) is 5.92 Å². The van der Waals surface area contributed by atoms with Crippen LogP contribution in [0.15, 0.2) is 133 Å². The van der Waals surface area contributed by atoms with Gasteiger partial charge in [-0.1, -0.05) is 121 Å². The molecule has 332 valence electrons. The van der Waals surface area contributed by atoms with Gasteiger partial charge >= 0.3 is 12.1 Å². The number of allylic oxidation sites excluding steroid dienone is 1. The van der Waals surface area contributed by atoms with E-state index >= 15 is 0 Å². The monoisotopic (exact) mass is 863 g/mol. The molecular weight excluding hydrogens is 811 g/mol. The van der Waals surface area contributed by atoms with E-state index < -0.39 is 78.3 Å². The van der Waals surface area contributed by atoms with Crippen molar-refractivity contribution in [1.82, 2.24) is 4.90 Å². The van der Waals surface area contributed by atoms with Crippen LogP contribution in [0.5, 0.6) is 0 Å². The van der Waals surface area contributed by atoms with Crippen molar-refractivity contribution in [2.75, 3.05) is 26.9 Å². The first-order valence-electron chi connectivity index (χ1n) is 20.9. The van der Waals surface area contributed by atoms with Crippen LogP contribution < -0.4 is 0 Å². The lowest BCUT2D eigenvalue weighted by atomic mass is 9.89. The summed E-state index contributed by atoms with van der Waals surface area (Å²) in [6.07, 6.45) is -4.45. The number of carbonyl (C=O) groups is 5. The maximum atomic E-state index is 14.4. The number of imide groups is 1. The molecule has 2 saturated heterocycles. The van der Waals surface area contributed by atoms with E-state index in [1.54, 1.807) is 60.7 Å². The SMILES string of the molecule is COC1OC(CO)C(OCc2ccccc2)C(OCc2ccccc2)C1OCCCC(=O)C=CC(=O)C(OC(C)=O)C(Cc1ccccc1)C(=O)N1C(=O)OCC1c1ccccc1. The van der Waals surface area contributed by atoms with Gasteiger partial charge < -0.3 is 38.3 Å². The van der Waals surface area contributed by atoms with Crippen molar-refractivity contribution in [3.05, 3.63) is 156 Å². The quantitative estimate of drug-likeness (QED) is 0.0564. The van der Waals surface area contributed by atoms with Gasteiger partial charge in [-0.05, 0) is 47.2 Å². The van der Waals surface area contributed by atoms with Crippen molar-refractivity contribution >= 4 is 29.5 Å². The Labute approximate surface area is 366 Å². The van der Waals surface area contributed by atoms with Crippen LogP contribution in [0.1, 0.15) is 48.1 Å². The summed E-state index contributed by atoms with van der Waals surface area (Å²) in [7, 11) is 1.46. The summed E-state index contributed by atoms with van der Waals surface area (Å²) in [4.78, 5) is 68.0. The maximum Gasteiger partial charge on any atom is 0.417 e. The molecule has 2 heterocycles. The summed E-state index contributed by atoms with van der Waals surface area (Å²) in [5, 5.41) is 10.4. The molecule has 1 N–H and O–H groups in total. The van der Waals surface area contributed by atoms with Gasteiger partial charge in [-0.25, -0.2) is 9.69 Å². The number of nitrogens with zero attached hydrogens (tertiary/aromatic N) is 1. The summed E-state index contributed by atoms with van der Waals surface area (Å²) in [6, 6.07) is 36.0. The molecule has 14 nitrogen and oxygen atoms in total. The van der Waals surface area contributed by atoms with Crippen LogP contribution in [0.2, 0.25) is 0 Å². The Kier molecular flexibility index (Phi) is 17.4. The molecular formula is C49H53NO13. The number of ketones is 2. The molecule has 6 rings (SSSR count). The number of amides is 2. The molecule has 14 heteroatoms. The summed E-state index contributed by atoms with van der Waals surface area (Å²) in [5.41, 5.74) is 3.12. The average Bonchev–Trinajstić information content (AvgIpc) is 3.71. The van der Waals surface area contributed by atoms with Crippen LogP contribution in [0.25, 0.3) is 0 Å². The largest absolute Gasteiger partial charge is 0.453 e. The standard InChI is InChI=1S/C49H53NO13/c1-33(52)62-43(39(28-34-16-7-3-8-17-34)47(55)50-40(32-61-49(50)56)37-22-13-6-14-23-37)41(54)26-25-38(53)24-15-27-58-46-45(60-31-36-20-11-5-12-21-36)44(42(29-51)63-48(46)57-2)59-30-35-18-9-4-10-19-35/h3-14,16-23,25-26,39-40,42-46,48,51H,15,24,27-32H2,1-2H3. The normalized spacial score (nSPS) is 22.0. The predicted octanol–water partition coefficient (Wildman–Crippen LogP) is 5.89. The number of methoxy groups -OCH3 is 1. The van der Waals surface area contributed by atoms with E-state index in [1.165, 1.54) is 7.11 Å². The molecule has 0 aliphatic carbocycles. The van der Waals surface area contributed by atoms with Gasteiger partial charge in [-0.15, -0.1) is 0 Å². The minimum Gasteiger partial charge on any atom is -0.453 e. The van der Waals surface area contributed by atoms with E-state index in [2.05, 4.69) is 0 Å². The number of benzene rings is 4. The second-order valence-electron chi connectivity index (χ2n) is 15.2. The molecule has 8 atom stereocenters. The zero-order chi connectivity index (χ0) is 44.6.